The lowest BCUT2D eigenvalue weighted by atomic mass is 9.85. The fourth-order valence-electron chi connectivity index (χ4n) is 3.15. The molecule has 0 aromatic carbocycles. The summed E-state index contributed by atoms with van der Waals surface area (Å²) in [6.45, 7) is 3.30. The Labute approximate surface area is 112 Å². The fourth-order valence-corrected chi connectivity index (χ4v) is 3.15. The summed E-state index contributed by atoms with van der Waals surface area (Å²) in [7, 11) is 5.91. The average molecular weight is 258 g/mol. The maximum atomic E-state index is 9.63. The summed E-state index contributed by atoms with van der Waals surface area (Å²) in [5.41, 5.74) is -0.0205. The van der Waals surface area contributed by atoms with E-state index in [1.165, 1.54) is 19.3 Å². The molecule has 1 fully saturated rings. The first-order valence-electron chi connectivity index (χ1n) is 7.16. The van der Waals surface area contributed by atoms with Gasteiger partial charge in [0.2, 0.25) is 0 Å². The van der Waals surface area contributed by atoms with E-state index in [0.717, 1.165) is 32.5 Å². The minimum Gasteiger partial charge on any atom is -0.394 e. The molecular formula is C14H30N2O2. The number of nitrogens with one attached hydrogen (secondary N) is 1. The van der Waals surface area contributed by atoms with Crippen LogP contribution in [0, 0.1) is 5.92 Å². The first-order chi connectivity index (χ1) is 8.68. The van der Waals surface area contributed by atoms with Crippen molar-refractivity contribution in [2.45, 2.75) is 37.6 Å². The molecule has 4 nitrogen and oxygen atoms in total. The molecule has 2 N–H and O–H groups in total. The number of rotatable bonds is 9. The Bertz CT molecular complexity index is 220. The Balaban J connectivity index is 2.29. The number of hydrogen-bond acceptors (Lipinski definition) is 4. The van der Waals surface area contributed by atoms with Crippen LogP contribution < -0.4 is 5.32 Å². The van der Waals surface area contributed by atoms with Gasteiger partial charge in [0.15, 0.2) is 0 Å². The molecule has 0 aromatic rings. The van der Waals surface area contributed by atoms with Gasteiger partial charge >= 0.3 is 0 Å². The van der Waals surface area contributed by atoms with Crippen LogP contribution in [0.5, 0.6) is 0 Å². The number of hydrogen-bond donors (Lipinski definition) is 2. The van der Waals surface area contributed by atoms with Crippen LogP contribution in [0.25, 0.3) is 0 Å². The van der Waals surface area contributed by atoms with Crippen molar-refractivity contribution in [3.8, 4) is 0 Å². The number of ether oxygens (including phenoxy) is 1. The molecule has 2 unspecified atom stereocenters. The molecular weight excluding hydrogens is 228 g/mol. The maximum absolute atomic E-state index is 9.63. The molecule has 1 aliphatic rings. The minimum atomic E-state index is -0.0205. The highest BCUT2D eigenvalue weighted by Crippen LogP contribution is 2.37. The normalized spacial score (nSPS) is 28.2. The van der Waals surface area contributed by atoms with E-state index in [9.17, 15) is 5.11 Å². The van der Waals surface area contributed by atoms with Gasteiger partial charge in [-0.15, -0.1) is 0 Å². The summed E-state index contributed by atoms with van der Waals surface area (Å²) in [4.78, 5) is 2.37. The topological polar surface area (TPSA) is 44.7 Å². The highest BCUT2D eigenvalue weighted by atomic mass is 16.5. The number of methoxy groups -OCH3 is 1. The zero-order valence-electron chi connectivity index (χ0n) is 12.2. The molecule has 4 heteroatoms. The molecule has 0 saturated heterocycles. The zero-order chi connectivity index (χ0) is 13.4. The van der Waals surface area contributed by atoms with Crippen molar-refractivity contribution in [2.24, 2.45) is 5.92 Å². The number of aliphatic hydroxyl groups is 1. The van der Waals surface area contributed by atoms with Crippen molar-refractivity contribution >= 4 is 0 Å². The summed E-state index contributed by atoms with van der Waals surface area (Å²) in [6, 6.07) is 0. The van der Waals surface area contributed by atoms with Crippen LogP contribution in [0.15, 0.2) is 0 Å². The lowest BCUT2D eigenvalue weighted by Gasteiger charge is -2.34. The van der Waals surface area contributed by atoms with Gasteiger partial charge in [-0.3, -0.25) is 0 Å². The van der Waals surface area contributed by atoms with Gasteiger partial charge in [0.25, 0.3) is 0 Å². The molecule has 2 atom stereocenters. The monoisotopic (exact) mass is 258 g/mol. The Morgan fingerprint density at radius 1 is 1.44 bits per heavy atom. The Hall–Kier alpha value is -0.160. The molecule has 0 spiro atoms. The Kier molecular flexibility index (Phi) is 7.15. The van der Waals surface area contributed by atoms with Crippen LogP contribution in [0.4, 0.5) is 0 Å². The minimum absolute atomic E-state index is 0.0205. The van der Waals surface area contributed by atoms with Crippen molar-refractivity contribution in [2.75, 3.05) is 47.5 Å². The van der Waals surface area contributed by atoms with Gasteiger partial charge in [0.05, 0.1) is 6.61 Å². The van der Waals surface area contributed by atoms with Crippen molar-refractivity contribution in [1.82, 2.24) is 10.2 Å². The van der Waals surface area contributed by atoms with E-state index >= 15 is 0 Å². The van der Waals surface area contributed by atoms with Gasteiger partial charge < -0.3 is 20.1 Å². The summed E-state index contributed by atoms with van der Waals surface area (Å²) in [5.74, 6) is 0.609. The Morgan fingerprint density at radius 3 is 2.83 bits per heavy atom. The van der Waals surface area contributed by atoms with Crippen LogP contribution in [-0.4, -0.2) is 63.1 Å². The fraction of sp³-hybridized carbons (Fsp3) is 1.00. The third kappa shape index (κ3) is 4.19. The number of nitrogens with zero attached hydrogens (tertiary/aromatic N) is 1. The third-order valence-electron chi connectivity index (χ3n) is 4.48. The SMILES string of the molecule is CNC1(CO)CCCC1CCN(C)CCCOC. The summed E-state index contributed by atoms with van der Waals surface area (Å²) in [6.07, 6.45) is 5.85. The van der Waals surface area contributed by atoms with Crippen LogP contribution >= 0.6 is 0 Å². The van der Waals surface area contributed by atoms with Crippen LogP contribution in [0.2, 0.25) is 0 Å². The van der Waals surface area contributed by atoms with Crippen molar-refractivity contribution in [1.29, 1.82) is 0 Å². The zero-order valence-corrected chi connectivity index (χ0v) is 12.2. The molecule has 0 aromatic heterocycles. The van der Waals surface area contributed by atoms with Gasteiger partial charge in [0.1, 0.15) is 0 Å². The average Bonchev–Trinajstić information content (AvgIpc) is 2.80. The predicted molar refractivity (Wildman–Crippen MR) is 74.8 cm³/mol. The molecule has 1 saturated carbocycles. The standard InChI is InChI=1S/C14H30N2O2/c1-15-14(12-17)8-4-6-13(14)7-10-16(2)9-5-11-18-3/h13,15,17H,4-12H2,1-3H3. The van der Waals surface area contributed by atoms with Gasteiger partial charge in [-0.1, -0.05) is 6.42 Å². The van der Waals surface area contributed by atoms with Gasteiger partial charge in [-0.25, -0.2) is 0 Å². The van der Waals surface area contributed by atoms with E-state index < -0.39 is 0 Å². The molecule has 1 rings (SSSR count). The van der Waals surface area contributed by atoms with Crippen molar-refractivity contribution < 1.29 is 9.84 Å². The van der Waals surface area contributed by atoms with E-state index in [1.807, 2.05) is 7.05 Å². The molecule has 18 heavy (non-hydrogen) atoms. The van der Waals surface area contributed by atoms with E-state index in [4.69, 9.17) is 4.74 Å². The van der Waals surface area contributed by atoms with E-state index in [-0.39, 0.29) is 12.1 Å². The Morgan fingerprint density at radius 2 is 2.22 bits per heavy atom. The lowest BCUT2D eigenvalue weighted by molar-refractivity contribution is 0.119. The van der Waals surface area contributed by atoms with E-state index in [2.05, 4.69) is 17.3 Å². The quantitative estimate of drug-likeness (QED) is 0.608. The largest absolute Gasteiger partial charge is 0.394 e. The first kappa shape index (κ1) is 15.9. The number of aliphatic hydroxyl groups excluding tert-OH is 1. The number of likely N-dealkylation sites (N-methyl/N-ethyl adjacent to an activating group) is 1. The van der Waals surface area contributed by atoms with Gasteiger partial charge in [-0.05, 0) is 52.2 Å². The van der Waals surface area contributed by atoms with Crippen LogP contribution in [0.3, 0.4) is 0 Å². The summed E-state index contributed by atoms with van der Waals surface area (Å²) < 4.78 is 5.07. The molecule has 108 valence electrons. The molecule has 1 aliphatic carbocycles. The maximum Gasteiger partial charge on any atom is 0.0615 e. The van der Waals surface area contributed by atoms with Gasteiger partial charge in [-0.2, -0.15) is 0 Å². The second-order valence-corrected chi connectivity index (χ2v) is 5.59. The molecule has 0 bridgehead atoms. The second kappa shape index (κ2) is 8.10. The summed E-state index contributed by atoms with van der Waals surface area (Å²) in [5, 5.41) is 13.0. The van der Waals surface area contributed by atoms with Crippen LogP contribution in [-0.2, 0) is 4.74 Å². The predicted octanol–water partition coefficient (Wildman–Crippen LogP) is 1.10. The van der Waals surface area contributed by atoms with E-state index in [0.29, 0.717) is 5.92 Å². The lowest BCUT2D eigenvalue weighted by Crippen LogP contribution is -2.50. The summed E-state index contributed by atoms with van der Waals surface area (Å²) >= 11 is 0. The van der Waals surface area contributed by atoms with Crippen molar-refractivity contribution in [3.05, 3.63) is 0 Å². The van der Waals surface area contributed by atoms with Crippen molar-refractivity contribution in [3.63, 3.8) is 0 Å². The molecule has 0 heterocycles. The molecule has 0 aliphatic heterocycles. The van der Waals surface area contributed by atoms with E-state index in [1.54, 1.807) is 7.11 Å². The second-order valence-electron chi connectivity index (χ2n) is 5.59. The highest BCUT2D eigenvalue weighted by Gasteiger charge is 2.40. The first-order valence-corrected chi connectivity index (χ1v) is 7.16. The highest BCUT2D eigenvalue weighted by molar-refractivity contribution is 4.98. The third-order valence-corrected chi connectivity index (χ3v) is 4.48. The molecule has 0 amide bonds. The smallest absolute Gasteiger partial charge is 0.0615 e. The van der Waals surface area contributed by atoms with Crippen LogP contribution in [0.1, 0.15) is 32.1 Å². The van der Waals surface area contributed by atoms with Gasteiger partial charge in [0, 0.05) is 25.8 Å². The molecule has 0 radical (unpaired) electrons.